The van der Waals surface area contributed by atoms with E-state index in [4.69, 9.17) is 0 Å². The van der Waals surface area contributed by atoms with Crippen LogP contribution in [0.1, 0.15) is 109 Å². The SMILES string of the molecule is [2H]c1c([2H])c(-n2c3ccccc3c3c4ccc5cccc6ccc(cc32)c4c65)c([2H])c2c1B1c3[te]c4cc(C(C)(C)C)ccc4c3N(c3c(-c4ccccc4)cc(C(C)(C)C)cc3-c3ccccc3)c3cc(C(C)(C)C)cc(c31)N2c1c(-c2ccccc2)cc(C(C)(C)C)cc1-c1ccccc1. The predicted octanol–water partition coefficient (Wildman–Crippen LogP) is 23.8. The summed E-state index contributed by atoms with van der Waals surface area (Å²) in [5, 5.41) is 10.4. The minimum absolute atomic E-state index is 0.0311. The van der Waals surface area contributed by atoms with Gasteiger partial charge in [0.25, 0.3) is 0 Å². The summed E-state index contributed by atoms with van der Waals surface area (Å²) in [6, 6.07) is 92.7. The number of rotatable bonds is 7. The van der Waals surface area contributed by atoms with Crippen LogP contribution >= 0.6 is 0 Å². The molecule has 5 heteroatoms. The number of fused-ring (bicyclic) bond motifs is 10. The van der Waals surface area contributed by atoms with Crippen LogP contribution in [0.5, 0.6) is 0 Å². The average Bonchev–Trinajstić information content (AvgIpc) is 1.21. The Labute approximate surface area is 596 Å². The van der Waals surface area contributed by atoms with Crippen LogP contribution in [0.2, 0.25) is 0 Å². The molecule has 0 aliphatic carbocycles. The summed E-state index contributed by atoms with van der Waals surface area (Å²) in [7, 11) is 0. The van der Waals surface area contributed by atoms with E-state index in [1.54, 1.807) is 0 Å². The fourth-order valence-corrected chi connectivity index (χ4v) is 20.0. The number of anilines is 6. The van der Waals surface area contributed by atoms with Crippen molar-refractivity contribution in [2.45, 2.75) is 105 Å². The van der Waals surface area contributed by atoms with Gasteiger partial charge in [-0.25, -0.2) is 0 Å². The molecule has 18 rings (SSSR count). The topological polar surface area (TPSA) is 11.4 Å². The second-order valence-electron chi connectivity index (χ2n) is 31.8. The molecule has 2 aliphatic heterocycles. The summed E-state index contributed by atoms with van der Waals surface area (Å²) in [6.45, 7) is 27.4. The Morgan fingerprint density at radius 1 is 0.343 bits per heavy atom. The number of aromatic nitrogens is 1. The van der Waals surface area contributed by atoms with Gasteiger partial charge in [-0.15, -0.1) is 0 Å². The summed E-state index contributed by atoms with van der Waals surface area (Å²) in [6.07, 6.45) is 0. The van der Waals surface area contributed by atoms with Crippen molar-refractivity contribution in [1.82, 2.24) is 4.57 Å². The molecule has 16 aromatic rings. The molecule has 0 radical (unpaired) electrons. The van der Waals surface area contributed by atoms with E-state index in [0.717, 1.165) is 117 Å². The van der Waals surface area contributed by atoms with Crippen LogP contribution < -0.4 is 24.2 Å². The molecule has 4 heterocycles. The molecule has 0 fully saturated rings. The van der Waals surface area contributed by atoms with E-state index in [1.165, 1.54) is 50.5 Å². The molecule has 0 atom stereocenters. The van der Waals surface area contributed by atoms with Crippen molar-refractivity contribution in [2.75, 3.05) is 9.80 Å². The number of benzene rings is 14. The van der Waals surface area contributed by atoms with Gasteiger partial charge >= 0.3 is 572 Å². The molecule has 0 spiro atoms. The van der Waals surface area contributed by atoms with Gasteiger partial charge in [0.2, 0.25) is 0 Å². The zero-order valence-electron chi connectivity index (χ0n) is 61.5. The predicted molar refractivity (Wildman–Crippen MR) is 429 cm³/mol. The molecule has 2 aromatic heterocycles. The fraction of sp³-hybridized carbons (Fsp3) is 0.170. The molecule has 99 heavy (non-hydrogen) atoms. The standard InChI is InChI=1S/C94H80BN3Te/c1-91(2,3)64-43-46-70-82(55-64)99-90-89(70)98(88-74(59-32-21-15-22-33-59)51-66(93(7,8)9)52-75(88)60-34-23-16-24-35-60)81-54-67(94(10,11)12)53-80-86(81)95(90)76-47-44-68(96-77-39-26-25-38-69(77)85-71-45-42-62-37-27-36-61-40-41-63(48-79(85)96)84(71)83(61)62)56-78(76)97(80)87-72(57-28-17-13-18-29-57)49-65(92(4,5)6)50-73(87)58-30-19-14-20-31-58/h13-56H,1-12H3/i44D,47D,56D. The van der Waals surface area contributed by atoms with Gasteiger partial charge in [-0.05, 0) is 10.8 Å². The van der Waals surface area contributed by atoms with Gasteiger partial charge in [-0.3, -0.25) is 0 Å². The first-order valence-corrected chi connectivity index (χ1v) is 37.4. The van der Waals surface area contributed by atoms with Gasteiger partial charge in [0.15, 0.2) is 0 Å². The first-order chi connectivity index (χ1) is 48.9. The van der Waals surface area contributed by atoms with Crippen LogP contribution in [-0.4, -0.2) is 31.7 Å². The van der Waals surface area contributed by atoms with Gasteiger partial charge in [0, 0.05) is 0 Å². The van der Waals surface area contributed by atoms with E-state index in [9.17, 15) is 4.11 Å². The van der Waals surface area contributed by atoms with Crippen molar-refractivity contribution in [3.8, 4) is 50.2 Å². The normalized spacial score (nSPS) is 13.8. The van der Waals surface area contributed by atoms with Crippen molar-refractivity contribution in [3.05, 3.63) is 289 Å². The molecule has 480 valence electrons. The minimum atomic E-state index is -1.31. The first kappa shape index (κ1) is 58.1. The summed E-state index contributed by atoms with van der Waals surface area (Å²) < 4.78 is 39.4. The van der Waals surface area contributed by atoms with Crippen LogP contribution in [0.4, 0.5) is 34.1 Å². The molecule has 0 saturated heterocycles. The Kier molecular flexibility index (Phi) is 13.1. The van der Waals surface area contributed by atoms with Crippen molar-refractivity contribution in [3.63, 3.8) is 0 Å². The number of para-hydroxylation sites is 1. The summed E-state index contributed by atoms with van der Waals surface area (Å²) >= 11 is -1.31. The second kappa shape index (κ2) is 22.3. The molecule has 14 aromatic carbocycles. The summed E-state index contributed by atoms with van der Waals surface area (Å²) in [5.41, 5.74) is 22.2. The van der Waals surface area contributed by atoms with Gasteiger partial charge in [0.1, 0.15) is 0 Å². The quantitative estimate of drug-likeness (QED) is 0.116. The monoisotopic (exact) mass is 1390 g/mol. The van der Waals surface area contributed by atoms with Gasteiger partial charge in [0.05, 0.1) is 0 Å². The molecule has 0 amide bonds. The second-order valence-corrected chi connectivity index (χ2v) is 34.9. The van der Waals surface area contributed by atoms with E-state index in [2.05, 4.69) is 346 Å². The Balaban J connectivity index is 1.06. The maximum absolute atomic E-state index is 11.9. The van der Waals surface area contributed by atoms with Crippen LogP contribution in [0.3, 0.4) is 0 Å². The van der Waals surface area contributed by atoms with E-state index in [0.29, 0.717) is 16.8 Å². The van der Waals surface area contributed by atoms with Crippen molar-refractivity contribution >= 4 is 139 Å². The Morgan fingerprint density at radius 3 is 1.34 bits per heavy atom. The van der Waals surface area contributed by atoms with Crippen molar-refractivity contribution in [1.29, 1.82) is 0 Å². The third kappa shape index (κ3) is 9.73. The van der Waals surface area contributed by atoms with Crippen molar-refractivity contribution < 1.29 is 4.11 Å². The molecule has 0 bridgehead atoms. The number of nitrogens with zero attached hydrogens (tertiary/aromatic N) is 3. The molecule has 2 aliphatic rings. The number of hydrogen-bond donors (Lipinski definition) is 0. The van der Waals surface area contributed by atoms with Crippen LogP contribution in [0.15, 0.2) is 267 Å². The Bertz CT molecular complexity index is 6010. The van der Waals surface area contributed by atoms with Crippen molar-refractivity contribution in [2.24, 2.45) is 0 Å². The zero-order valence-corrected chi connectivity index (χ0v) is 60.8. The Morgan fingerprint density at radius 2 is 0.808 bits per heavy atom. The molecule has 0 saturated carbocycles. The van der Waals surface area contributed by atoms with E-state index >= 15 is 0 Å². The van der Waals surface area contributed by atoms with Gasteiger partial charge < -0.3 is 0 Å². The fourth-order valence-electron chi connectivity index (χ4n) is 16.2. The first-order valence-electron chi connectivity index (χ1n) is 36.6. The van der Waals surface area contributed by atoms with E-state index in [1.807, 2.05) is 0 Å². The molecular weight excluding hydrogens is 1310 g/mol. The maximum atomic E-state index is 11.9. The van der Waals surface area contributed by atoms with Gasteiger partial charge in [-0.2, -0.15) is 0 Å². The van der Waals surface area contributed by atoms with Gasteiger partial charge in [-0.1, -0.05) is 18.2 Å². The zero-order chi connectivity index (χ0) is 70.4. The summed E-state index contributed by atoms with van der Waals surface area (Å²) in [5.74, 6) is 0. The number of hydrogen-bond acceptors (Lipinski definition) is 2. The third-order valence-corrected chi connectivity index (χ3v) is 24.8. The molecule has 0 unspecified atom stereocenters. The Hall–Kier alpha value is -9.89. The molecular formula is C94H80BN3Te. The molecule has 0 N–H and O–H groups in total. The van der Waals surface area contributed by atoms with Crippen LogP contribution in [0, 0.1) is 0 Å². The van der Waals surface area contributed by atoms with Crippen LogP contribution in [0.25, 0.3) is 113 Å². The van der Waals surface area contributed by atoms with E-state index < -0.39 is 32.6 Å². The van der Waals surface area contributed by atoms with Crippen LogP contribution in [-0.2, 0) is 21.7 Å². The molecule has 3 nitrogen and oxygen atoms in total. The third-order valence-electron chi connectivity index (χ3n) is 21.4. The van der Waals surface area contributed by atoms with E-state index in [-0.39, 0.29) is 34.4 Å². The summed E-state index contributed by atoms with van der Waals surface area (Å²) in [4.78, 5) is 5.16. The average molecular weight is 1390 g/mol.